The zero-order valence-corrected chi connectivity index (χ0v) is 22.9. The number of methoxy groups -OCH3 is 1. The molecule has 2 aliphatic heterocycles. The number of rotatable bonds is 6. The van der Waals surface area contributed by atoms with Crippen molar-refractivity contribution in [2.75, 3.05) is 45.2 Å². The summed E-state index contributed by atoms with van der Waals surface area (Å²) in [4.78, 5) is 34.0. The first-order chi connectivity index (χ1) is 17.9. The minimum absolute atomic E-state index is 0.0875. The number of hydrogen-bond donors (Lipinski definition) is 0. The van der Waals surface area contributed by atoms with Crippen LogP contribution in [-0.2, 0) is 17.9 Å². The van der Waals surface area contributed by atoms with E-state index in [0.29, 0.717) is 27.9 Å². The second kappa shape index (κ2) is 10.7. The number of ether oxygens (including phenoxy) is 1. The molecule has 1 aromatic heterocycles. The van der Waals surface area contributed by atoms with Crippen LogP contribution < -0.4 is 15.2 Å². The number of carbonyl (C=O) groups is 1. The summed E-state index contributed by atoms with van der Waals surface area (Å²) in [5, 5.41) is 1.02. The number of carbonyl (C=O) groups excluding carboxylic acids is 1. The molecule has 2 saturated heterocycles. The lowest BCUT2D eigenvalue weighted by Crippen LogP contribution is -2.45. The van der Waals surface area contributed by atoms with E-state index >= 15 is 0 Å². The van der Waals surface area contributed by atoms with Crippen molar-refractivity contribution < 1.29 is 9.53 Å². The fourth-order valence-corrected chi connectivity index (χ4v) is 6.14. The number of hydrogen-bond acceptors (Lipinski definition) is 7. The van der Waals surface area contributed by atoms with Gasteiger partial charge in [0.1, 0.15) is 10.1 Å². The van der Waals surface area contributed by atoms with Crippen LogP contribution in [0.5, 0.6) is 5.75 Å². The molecule has 0 unspecified atom stereocenters. The maximum atomic E-state index is 13.9. The van der Waals surface area contributed by atoms with Gasteiger partial charge in [-0.3, -0.25) is 14.5 Å². The van der Waals surface area contributed by atoms with Gasteiger partial charge >= 0.3 is 0 Å². The molecule has 1 amide bonds. The Balaban J connectivity index is 1.58. The molecule has 2 aliphatic rings. The van der Waals surface area contributed by atoms with Crippen LogP contribution >= 0.6 is 24.0 Å². The number of thiocarbonyl (C=S) groups is 1. The molecule has 5 rings (SSSR count). The normalized spacial score (nSPS) is 17.9. The number of thioether (sulfide) groups is 1. The predicted molar refractivity (Wildman–Crippen MR) is 155 cm³/mol. The molecule has 9 heteroatoms. The third-order valence-corrected chi connectivity index (χ3v) is 8.34. The average Bonchev–Trinajstić information content (AvgIpc) is 3.17. The number of fused-ring (bicyclic) bond motifs is 1. The number of benzene rings is 2. The largest absolute Gasteiger partial charge is 0.497 e. The lowest BCUT2D eigenvalue weighted by atomic mass is 10.0. The number of anilines is 1. The minimum atomic E-state index is -0.175. The van der Waals surface area contributed by atoms with Gasteiger partial charge in [0, 0.05) is 38.1 Å². The molecule has 37 heavy (non-hydrogen) atoms. The molecule has 3 heterocycles. The van der Waals surface area contributed by atoms with E-state index in [2.05, 4.69) is 22.9 Å². The number of piperazine rings is 1. The number of likely N-dealkylation sites (N-methyl/N-ethyl adjacent to an activating group) is 1. The third kappa shape index (κ3) is 4.91. The van der Waals surface area contributed by atoms with Crippen molar-refractivity contribution in [2.45, 2.75) is 20.0 Å². The van der Waals surface area contributed by atoms with Gasteiger partial charge in [-0.1, -0.05) is 54.3 Å². The highest BCUT2D eigenvalue weighted by Gasteiger charge is 2.33. The van der Waals surface area contributed by atoms with Crippen molar-refractivity contribution in [3.8, 4) is 5.75 Å². The fraction of sp³-hybridized carbons (Fsp3) is 0.321. The lowest BCUT2D eigenvalue weighted by molar-refractivity contribution is -0.122. The van der Waals surface area contributed by atoms with Crippen LogP contribution in [0.2, 0.25) is 0 Å². The number of aryl methyl sites for hydroxylation is 1. The molecule has 3 aromatic rings. The summed E-state index contributed by atoms with van der Waals surface area (Å²) in [6.45, 7) is 6.34. The summed E-state index contributed by atoms with van der Waals surface area (Å²) < 4.78 is 7.52. The van der Waals surface area contributed by atoms with E-state index in [1.54, 1.807) is 22.7 Å². The van der Waals surface area contributed by atoms with E-state index < -0.39 is 0 Å². The minimum Gasteiger partial charge on any atom is -0.497 e. The lowest BCUT2D eigenvalue weighted by Gasteiger charge is -2.35. The van der Waals surface area contributed by atoms with Crippen LogP contribution in [0.25, 0.3) is 17.0 Å². The number of amides is 1. The van der Waals surface area contributed by atoms with Gasteiger partial charge in [-0.15, -0.1) is 0 Å². The topological polar surface area (TPSA) is 58.0 Å². The van der Waals surface area contributed by atoms with E-state index in [1.807, 2.05) is 49.4 Å². The summed E-state index contributed by atoms with van der Waals surface area (Å²) in [6, 6.07) is 15.6. The van der Waals surface area contributed by atoms with Gasteiger partial charge in [0.05, 0.1) is 35.3 Å². The highest BCUT2D eigenvalue weighted by molar-refractivity contribution is 8.26. The number of pyridine rings is 1. The monoisotopic (exact) mass is 534 g/mol. The van der Waals surface area contributed by atoms with E-state index in [4.69, 9.17) is 17.0 Å². The molecule has 0 radical (unpaired) electrons. The fourth-order valence-electron chi connectivity index (χ4n) is 4.91. The van der Waals surface area contributed by atoms with E-state index in [1.165, 1.54) is 11.8 Å². The summed E-state index contributed by atoms with van der Waals surface area (Å²) in [7, 11) is 3.73. The first-order valence-corrected chi connectivity index (χ1v) is 13.6. The first kappa shape index (κ1) is 25.5. The highest BCUT2D eigenvalue weighted by atomic mass is 32.2. The van der Waals surface area contributed by atoms with Crippen molar-refractivity contribution in [1.82, 2.24) is 14.4 Å². The zero-order chi connectivity index (χ0) is 26.1. The van der Waals surface area contributed by atoms with Crippen molar-refractivity contribution in [2.24, 2.45) is 0 Å². The van der Waals surface area contributed by atoms with Gasteiger partial charge in [0.15, 0.2) is 0 Å². The Hall–Kier alpha value is -3.14. The smallest absolute Gasteiger partial charge is 0.266 e. The summed E-state index contributed by atoms with van der Waals surface area (Å²) in [5.41, 5.74) is 3.23. The second-order valence-electron chi connectivity index (χ2n) is 9.24. The number of para-hydroxylation sites is 1. The van der Waals surface area contributed by atoms with Crippen molar-refractivity contribution >= 4 is 56.9 Å². The Morgan fingerprint density at radius 2 is 1.73 bits per heavy atom. The third-order valence-electron chi connectivity index (χ3n) is 6.97. The molecular weight excluding hydrogens is 504 g/mol. The quantitative estimate of drug-likeness (QED) is 0.347. The summed E-state index contributed by atoms with van der Waals surface area (Å²) in [5.74, 6) is 0.583. The van der Waals surface area contributed by atoms with Crippen LogP contribution in [0.3, 0.4) is 0 Å². The molecule has 7 nitrogen and oxygen atoms in total. The molecule has 2 fully saturated rings. The Bertz CT molecular complexity index is 1440. The van der Waals surface area contributed by atoms with Crippen molar-refractivity contribution in [3.05, 3.63) is 74.9 Å². The van der Waals surface area contributed by atoms with E-state index in [9.17, 15) is 9.59 Å². The van der Waals surface area contributed by atoms with Gasteiger partial charge < -0.3 is 19.1 Å². The van der Waals surface area contributed by atoms with Gasteiger partial charge in [0.2, 0.25) is 0 Å². The highest BCUT2D eigenvalue weighted by Crippen LogP contribution is 2.37. The SMILES string of the molecule is CCn1c(=O)c(C=C2SC(=S)N(Cc3ccc(OC)cc3)C2=O)c(N2CCN(C)CC2)c2ccccc21. The van der Waals surface area contributed by atoms with Crippen LogP contribution in [0.1, 0.15) is 18.1 Å². The molecule has 0 spiro atoms. The van der Waals surface area contributed by atoms with Crippen LogP contribution in [0, 0.1) is 0 Å². The Labute approximate surface area is 226 Å². The Morgan fingerprint density at radius 1 is 1.03 bits per heavy atom. The summed E-state index contributed by atoms with van der Waals surface area (Å²) in [6.07, 6.45) is 1.77. The predicted octanol–water partition coefficient (Wildman–Crippen LogP) is 4.18. The van der Waals surface area contributed by atoms with Crippen LogP contribution in [0.15, 0.2) is 58.2 Å². The first-order valence-electron chi connectivity index (χ1n) is 12.4. The number of nitrogens with zero attached hydrogens (tertiary/aromatic N) is 4. The molecule has 0 saturated carbocycles. The van der Waals surface area contributed by atoms with E-state index in [0.717, 1.165) is 54.1 Å². The van der Waals surface area contributed by atoms with Gasteiger partial charge in [-0.05, 0) is 43.8 Å². The molecule has 0 bridgehead atoms. The maximum absolute atomic E-state index is 13.9. The van der Waals surface area contributed by atoms with Gasteiger partial charge in [0.25, 0.3) is 11.5 Å². The molecule has 0 aliphatic carbocycles. The maximum Gasteiger partial charge on any atom is 0.266 e. The van der Waals surface area contributed by atoms with Crippen LogP contribution in [0.4, 0.5) is 5.69 Å². The molecule has 192 valence electrons. The Kier molecular flexibility index (Phi) is 7.37. The van der Waals surface area contributed by atoms with Gasteiger partial charge in [-0.25, -0.2) is 0 Å². The summed E-state index contributed by atoms with van der Waals surface area (Å²) >= 11 is 6.85. The molecule has 0 atom stereocenters. The Morgan fingerprint density at radius 3 is 2.41 bits per heavy atom. The van der Waals surface area contributed by atoms with Gasteiger partial charge in [-0.2, -0.15) is 0 Å². The average molecular weight is 535 g/mol. The van der Waals surface area contributed by atoms with Crippen molar-refractivity contribution in [1.29, 1.82) is 0 Å². The molecular formula is C28H30N4O3S2. The van der Waals surface area contributed by atoms with E-state index in [-0.39, 0.29) is 11.5 Å². The van der Waals surface area contributed by atoms with Crippen molar-refractivity contribution in [3.63, 3.8) is 0 Å². The standard InChI is InChI=1S/C28H30N4O3S2/c1-4-31-23-8-6-5-7-21(23)25(30-15-13-29(2)14-16-30)22(26(31)33)17-24-27(34)32(28(36)37-24)18-19-9-11-20(35-3)12-10-19/h5-12,17H,4,13-16,18H2,1-3H3. The molecule has 0 N–H and O–H groups in total. The molecule has 2 aromatic carbocycles. The zero-order valence-electron chi connectivity index (χ0n) is 21.3. The second-order valence-corrected chi connectivity index (χ2v) is 10.9. The number of aromatic nitrogens is 1. The van der Waals surface area contributed by atoms with Crippen LogP contribution in [-0.4, -0.2) is 64.9 Å².